The van der Waals surface area contributed by atoms with Crippen LogP contribution in [-0.4, -0.2) is 48.1 Å². The first-order chi connectivity index (χ1) is 20.3. The van der Waals surface area contributed by atoms with Gasteiger partial charge in [0, 0.05) is 23.6 Å². The van der Waals surface area contributed by atoms with Gasteiger partial charge in [-0.25, -0.2) is 19.7 Å². The average Bonchev–Trinajstić information content (AvgIpc) is 3.79. The highest BCUT2D eigenvalue weighted by atomic mass is 16.6. The predicted molar refractivity (Wildman–Crippen MR) is 161 cm³/mol. The lowest BCUT2D eigenvalue weighted by atomic mass is 10.1. The van der Waals surface area contributed by atoms with E-state index in [1.54, 1.807) is 4.90 Å². The second-order valence-corrected chi connectivity index (χ2v) is 12.5. The van der Waals surface area contributed by atoms with E-state index in [4.69, 9.17) is 14.1 Å². The first-order valence-corrected chi connectivity index (χ1v) is 14.9. The van der Waals surface area contributed by atoms with Gasteiger partial charge in [0.1, 0.15) is 22.8 Å². The normalized spacial score (nSPS) is 17.9. The lowest BCUT2D eigenvalue weighted by molar-refractivity contribution is 0.0218. The van der Waals surface area contributed by atoms with Gasteiger partial charge >= 0.3 is 6.09 Å². The smallest absolute Gasteiger partial charge is 0.410 e. The van der Waals surface area contributed by atoms with Crippen LogP contribution in [-0.2, 0) is 4.74 Å². The topological polar surface area (TPSA) is 113 Å². The molecule has 5 aromatic rings. The fraction of sp³-hybridized carbons (Fsp3) is 0.394. The van der Waals surface area contributed by atoms with Gasteiger partial charge in [0.25, 0.3) is 0 Å². The van der Waals surface area contributed by atoms with Gasteiger partial charge in [0.2, 0.25) is 5.89 Å². The summed E-state index contributed by atoms with van der Waals surface area (Å²) in [5.74, 6) is 3.01. The third-order valence-corrected chi connectivity index (χ3v) is 8.27. The number of aromatic nitrogens is 5. The Kier molecular flexibility index (Phi) is 6.60. The number of rotatable bonds is 5. The van der Waals surface area contributed by atoms with Crippen LogP contribution in [0.2, 0.25) is 0 Å². The largest absolute Gasteiger partial charge is 0.444 e. The highest BCUT2D eigenvalue weighted by Crippen LogP contribution is 2.35. The Morgan fingerprint density at radius 1 is 0.881 bits per heavy atom. The molecule has 1 aliphatic carbocycles. The van der Waals surface area contributed by atoms with E-state index in [0.29, 0.717) is 18.4 Å². The summed E-state index contributed by atoms with van der Waals surface area (Å²) in [6.45, 7) is 6.31. The Morgan fingerprint density at radius 2 is 1.55 bits per heavy atom. The molecular formula is C33H36N6O3. The number of imidazole rings is 2. The third kappa shape index (κ3) is 5.19. The van der Waals surface area contributed by atoms with Crippen molar-refractivity contribution in [2.45, 2.75) is 76.9 Å². The monoisotopic (exact) mass is 564 g/mol. The molecule has 1 aliphatic heterocycles. The molecular weight excluding hydrogens is 528 g/mol. The molecule has 4 heterocycles. The number of oxazole rings is 1. The first kappa shape index (κ1) is 26.5. The molecule has 0 radical (unpaired) electrons. The van der Waals surface area contributed by atoms with Crippen molar-refractivity contribution >= 4 is 17.2 Å². The molecule has 1 atom stereocenters. The number of benzene rings is 2. The van der Waals surface area contributed by atoms with Crippen LogP contribution in [0.3, 0.4) is 0 Å². The summed E-state index contributed by atoms with van der Waals surface area (Å²) < 4.78 is 11.7. The van der Waals surface area contributed by atoms with Crippen LogP contribution in [0.25, 0.3) is 45.1 Å². The van der Waals surface area contributed by atoms with Crippen molar-refractivity contribution in [2.24, 2.45) is 0 Å². The van der Waals surface area contributed by atoms with Crippen molar-refractivity contribution in [3.63, 3.8) is 0 Å². The minimum atomic E-state index is -0.537. The number of hydrogen-bond acceptors (Lipinski definition) is 6. The molecule has 42 heavy (non-hydrogen) atoms. The van der Waals surface area contributed by atoms with Gasteiger partial charge in [-0.3, -0.25) is 4.90 Å². The van der Waals surface area contributed by atoms with Crippen LogP contribution in [0.1, 0.15) is 82.9 Å². The number of fused-ring (bicyclic) bond motifs is 1. The Hall–Kier alpha value is -4.40. The van der Waals surface area contributed by atoms with Crippen molar-refractivity contribution in [3.05, 3.63) is 66.5 Å². The maximum absolute atomic E-state index is 12.8. The van der Waals surface area contributed by atoms with Gasteiger partial charge in [-0.2, -0.15) is 0 Å². The molecule has 7 rings (SSSR count). The maximum atomic E-state index is 12.8. The average molecular weight is 565 g/mol. The van der Waals surface area contributed by atoms with Crippen molar-refractivity contribution in [3.8, 4) is 34.0 Å². The number of nitrogens with zero attached hydrogens (tertiary/aromatic N) is 4. The van der Waals surface area contributed by atoms with E-state index in [-0.39, 0.29) is 12.1 Å². The van der Waals surface area contributed by atoms with Crippen molar-refractivity contribution in [1.29, 1.82) is 0 Å². The van der Waals surface area contributed by atoms with Crippen LogP contribution >= 0.6 is 0 Å². The summed E-state index contributed by atoms with van der Waals surface area (Å²) in [7, 11) is 0. The Balaban J connectivity index is 1.08. The molecule has 3 aromatic heterocycles. The molecule has 0 bridgehead atoms. The fourth-order valence-corrected chi connectivity index (χ4v) is 6.14. The quantitative estimate of drug-likeness (QED) is 0.224. The molecule has 2 N–H and O–H groups in total. The fourth-order valence-electron chi connectivity index (χ4n) is 6.14. The number of carbonyl (C=O) groups is 1. The molecule has 0 spiro atoms. The zero-order valence-electron chi connectivity index (χ0n) is 24.3. The molecule has 9 heteroatoms. The zero-order valence-corrected chi connectivity index (χ0v) is 24.3. The summed E-state index contributed by atoms with van der Waals surface area (Å²) in [6.07, 6.45) is 10.2. The summed E-state index contributed by atoms with van der Waals surface area (Å²) in [5, 5.41) is 0. The highest BCUT2D eigenvalue weighted by molar-refractivity contribution is 5.82. The SMILES string of the molecule is CC(C)(C)OC(=O)N1CCC[C@H]1c1ncc(-c2ccc3oc(-c4ccc(-c5cnc(C6CCCC6)[nH]5)cc4)nc3c2)[nH]1. The van der Waals surface area contributed by atoms with E-state index in [2.05, 4.69) is 32.1 Å². The van der Waals surface area contributed by atoms with Crippen LogP contribution < -0.4 is 0 Å². The van der Waals surface area contributed by atoms with E-state index >= 15 is 0 Å². The Labute approximate surface area is 244 Å². The van der Waals surface area contributed by atoms with Gasteiger partial charge < -0.3 is 19.1 Å². The number of amides is 1. The van der Waals surface area contributed by atoms with E-state index in [9.17, 15) is 4.79 Å². The standard InChI is InChI=1S/C33H36N6O3/c1-33(2,3)42-32(40)39-16-6-9-27(39)30-35-19-26(37-30)23-14-15-28-24(17-23)38-31(41-28)22-12-10-20(11-13-22)25-18-34-29(36-25)21-7-4-5-8-21/h10-15,17-19,21,27H,4-9,16H2,1-3H3,(H,34,36)(H,35,37)/t27-/m0/s1. The number of carbonyl (C=O) groups excluding carboxylic acids is 1. The highest BCUT2D eigenvalue weighted by Gasteiger charge is 2.35. The minimum absolute atomic E-state index is 0.130. The molecule has 0 unspecified atom stereocenters. The van der Waals surface area contributed by atoms with E-state index in [1.807, 2.05) is 63.5 Å². The molecule has 1 saturated carbocycles. The molecule has 2 aromatic carbocycles. The van der Waals surface area contributed by atoms with Crippen molar-refractivity contribution in [1.82, 2.24) is 29.8 Å². The first-order valence-electron chi connectivity index (χ1n) is 14.9. The third-order valence-electron chi connectivity index (χ3n) is 8.27. The van der Waals surface area contributed by atoms with Crippen LogP contribution in [0.4, 0.5) is 4.79 Å². The lowest BCUT2D eigenvalue weighted by Crippen LogP contribution is -2.36. The number of ether oxygens (including phenoxy) is 1. The lowest BCUT2D eigenvalue weighted by Gasteiger charge is -2.27. The maximum Gasteiger partial charge on any atom is 0.410 e. The Morgan fingerprint density at radius 3 is 2.31 bits per heavy atom. The number of likely N-dealkylation sites (tertiary alicyclic amines) is 1. The zero-order chi connectivity index (χ0) is 28.8. The van der Waals surface area contributed by atoms with Gasteiger partial charge in [-0.1, -0.05) is 25.0 Å². The molecule has 1 saturated heterocycles. The molecule has 1 amide bonds. The van der Waals surface area contributed by atoms with Crippen molar-refractivity contribution < 1.29 is 13.9 Å². The van der Waals surface area contributed by atoms with E-state index in [0.717, 1.165) is 63.7 Å². The molecule has 9 nitrogen and oxygen atoms in total. The van der Waals surface area contributed by atoms with Gasteiger partial charge in [-0.05, 0) is 82.3 Å². The van der Waals surface area contributed by atoms with Crippen LogP contribution in [0, 0.1) is 0 Å². The van der Waals surface area contributed by atoms with Crippen LogP contribution in [0.5, 0.6) is 0 Å². The number of aromatic amines is 2. The van der Waals surface area contributed by atoms with Gasteiger partial charge in [-0.15, -0.1) is 0 Å². The molecule has 216 valence electrons. The van der Waals surface area contributed by atoms with Gasteiger partial charge in [0.05, 0.1) is 29.8 Å². The molecule has 2 fully saturated rings. The summed E-state index contributed by atoms with van der Waals surface area (Å²) >= 11 is 0. The number of hydrogen-bond donors (Lipinski definition) is 2. The summed E-state index contributed by atoms with van der Waals surface area (Å²) in [6, 6.07) is 14.0. The van der Waals surface area contributed by atoms with Gasteiger partial charge in [0.15, 0.2) is 5.58 Å². The van der Waals surface area contributed by atoms with E-state index in [1.165, 1.54) is 25.7 Å². The predicted octanol–water partition coefficient (Wildman–Crippen LogP) is 8.00. The van der Waals surface area contributed by atoms with Crippen LogP contribution in [0.15, 0.2) is 59.3 Å². The Bertz CT molecular complexity index is 1720. The summed E-state index contributed by atoms with van der Waals surface area (Å²) in [5.41, 5.74) is 5.83. The second kappa shape index (κ2) is 10.5. The minimum Gasteiger partial charge on any atom is -0.444 e. The number of H-pyrrole nitrogens is 2. The van der Waals surface area contributed by atoms with E-state index < -0.39 is 5.60 Å². The molecule has 2 aliphatic rings. The number of nitrogens with one attached hydrogen (secondary N) is 2. The summed E-state index contributed by atoms with van der Waals surface area (Å²) in [4.78, 5) is 35.6. The second-order valence-electron chi connectivity index (χ2n) is 12.5. The van der Waals surface area contributed by atoms with Crippen molar-refractivity contribution in [2.75, 3.05) is 6.54 Å².